The maximum absolute atomic E-state index is 14.4. The maximum Gasteiger partial charge on any atom is 0.251 e. The van der Waals surface area contributed by atoms with Crippen LogP contribution in [0.4, 0.5) is 14.7 Å². The van der Waals surface area contributed by atoms with Gasteiger partial charge in [-0.2, -0.15) is 0 Å². The molecule has 36 heavy (non-hydrogen) atoms. The third-order valence-electron chi connectivity index (χ3n) is 7.03. The van der Waals surface area contributed by atoms with Crippen LogP contribution >= 0.6 is 0 Å². The van der Waals surface area contributed by atoms with Crippen LogP contribution in [0.2, 0.25) is 0 Å². The number of anilines is 1. The van der Waals surface area contributed by atoms with E-state index in [9.17, 15) is 18.4 Å². The largest absolute Gasteiger partial charge is 0.353 e. The van der Waals surface area contributed by atoms with E-state index >= 15 is 0 Å². The summed E-state index contributed by atoms with van der Waals surface area (Å²) in [5.41, 5.74) is 1.91. The van der Waals surface area contributed by atoms with Crippen molar-refractivity contribution in [2.45, 2.75) is 37.4 Å². The molecule has 5 rings (SSSR count). The molecule has 1 aliphatic heterocycles. The minimum absolute atomic E-state index is 0.00197. The van der Waals surface area contributed by atoms with Gasteiger partial charge in [-0.15, -0.1) is 0 Å². The van der Waals surface area contributed by atoms with Crippen LogP contribution in [-0.4, -0.2) is 58.5 Å². The molecule has 1 saturated carbocycles. The van der Waals surface area contributed by atoms with Gasteiger partial charge in [0, 0.05) is 55.5 Å². The molecule has 2 aromatic carbocycles. The topological polar surface area (TPSA) is 87.2 Å². The average Bonchev–Trinajstić information content (AvgIpc) is 2.83. The van der Waals surface area contributed by atoms with E-state index in [1.165, 1.54) is 13.0 Å². The normalized spacial score (nSPS) is 21.3. The Labute approximate surface area is 208 Å². The highest BCUT2D eigenvalue weighted by molar-refractivity contribution is 5.95. The van der Waals surface area contributed by atoms with Crippen molar-refractivity contribution in [2.24, 2.45) is 0 Å². The summed E-state index contributed by atoms with van der Waals surface area (Å²) in [6.07, 6.45) is 2.86. The van der Waals surface area contributed by atoms with Crippen molar-refractivity contribution < 1.29 is 18.4 Å². The van der Waals surface area contributed by atoms with Crippen LogP contribution in [0, 0.1) is 5.82 Å². The third-order valence-corrected chi connectivity index (χ3v) is 7.03. The molecule has 2 amide bonds. The number of amides is 2. The minimum Gasteiger partial charge on any atom is -0.353 e. The van der Waals surface area contributed by atoms with Gasteiger partial charge in [0.1, 0.15) is 12.0 Å². The average molecular weight is 492 g/mol. The molecule has 0 atom stereocenters. The lowest BCUT2D eigenvalue weighted by Crippen LogP contribution is -2.60. The summed E-state index contributed by atoms with van der Waals surface area (Å²) in [5, 5.41) is 6.08. The van der Waals surface area contributed by atoms with Gasteiger partial charge in [-0.05, 0) is 42.2 Å². The second-order valence-corrected chi connectivity index (χ2v) is 9.59. The highest BCUT2D eigenvalue weighted by Gasteiger charge is 2.47. The summed E-state index contributed by atoms with van der Waals surface area (Å²) in [5.74, 6) is -0.165. The van der Waals surface area contributed by atoms with Gasteiger partial charge in [0.15, 0.2) is 0 Å². The number of nitrogens with zero attached hydrogens (tertiary/aromatic N) is 3. The molecule has 2 fully saturated rings. The number of halogens is 2. The van der Waals surface area contributed by atoms with Gasteiger partial charge in [-0.3, -0.25) is 9.59 Å². The zero-order valence-corrected chi connectivity index (χ0v) is 19.9. The number of nitrogens with one attached hydrogen (secondary N) is 2. The second kappa shape index (κ2) is 9.64. The molecule has 3 aromatic rings. The molecule has 186 valence electrons. The molecular weight excluding hydrogens is 464 g/mol. The van der Waals surface area contributed by atoms with E-state index in [1.54, 1.807) is 53.7 Å². The highest BCUT2D eigenvalue weighted by Crippen LogP contribution is 2.46. The summed E-state index contributed by atoms with van der Waals surface area (Å²) in [7, 11) is 0. The standard InChI is InChI=1S/C27H27F2N5O2/c1-17(35)34-14-22(15-34)33-25(36)19-6-4-5-18(9-19)20-12-30-26(31-13-20)32-16-27(10-21(28)11-27)23-7-2-3-8-24(23)29/h2-9,12-13,21-22H,10-11,14-16H2,1H3,(H,33,36)(H,30,31,32). The number of likely N-dealkylation sites (tertiary alicyclic amines) is 1. The van der Waals surface area contributed by atoms with Crippen LogP contribution in [0.25, 0.3) is 11.1 Å². The number of alkyl halides is 1. The Morgan fingerprint density at radius 2 is 1.78 bits per heavy atom. The number of rotatable bonds is 7. The molecule has 1 saturated heterocycles. The summed E-state index contributed by atoms with van der Waals surface area (Å²) in [6.45, 7) is 2.88. The van der Waals surface area contributed by atoms with Crippen LogP contribution in [0.15, 0.2) is 60.9 Å². The first kappa shape index (κ1) is 23.8. The lowest BCUT2D eigenvalue weighted by atomic mass is 9.63. The van der Waals surface area contributed by atoms with Crippen molar-refractivity contribution in [3.8, 4) is 11.1 Å². The molecule has 7 nitrogen and oxygen atoms in total. The Hall–Kier alpha value is -3.88. The van der Waals surface area contributed by atoms with Crippen molar-refractivity contribution in [3.63, 3.8) is 0 Å². The van der Waals surface area contributed by atoms with Crippen LogP contribution in [0.5, 0.6) is 0 Å². The van der Waals surface area contributed by atoms with Crippen molar-refractivity contribution in [1.29, 1.82) is 0 Å². The molecule has 0 spiro atoms. The van der Waals surface area contributed by atoms with Crippen LogP contribution < -0.4 is 10.6 Å². The van der Waals surface area contributed by atoms with E-state index in [0.717, 1.165) is 11.1 Å². The Morgan fingerprint density at radius 1 is 1.06 bits per heavy atom. The van der Waals surface area contributed by atoms with E-state index in [4.69, 9.17) is 0 Å². The van der Waals surface area contributed by atoms with E-state index in [-0.39, 0.29) is 36.5 Å². The predicted octanol–water partition coefficient (Wildman–Crippen LogP) is 3.73. The number of hydrogen-bond acceptors (Lipinski definition) is 5. The van der Waals surface area contributed by atoms with Gasteiger partial charge >= 0.3 is 0 Å². The molecule has 1 aliphatic carbocycles. The summed E-state index contributed by atoms with van der Waals surface area (Å²) in [6, 6.07) is 13.6. The lowest BCUT2D eigenvalue weighted by molar-refractivity contribution is -0.133. The van der Waals surface area contributed by atoms with Crippen LogP contribution in [0.3, 0.4) is 0 Å². The van der Waals surface area contributed by atoms with Crippen molar-refractivity contribution >= 4 is 17.8 Å². The van der Waals surface area contributed by atoms with Crippen molar-refractivity contribution in [1.82, 2.24) is 20.2 Å². The van der Waals surface area contributed by atoms with Gasteiger partial charge in [-0.1, -0.05) is 30.3 Å². The van der Waals surface area contributed by atoms with Gasteiger partial charge in [0.25, 0.3) is 5.91 Å². The van der Waals surface area contributed by atoms with E-state index in [0.29, 0.717) is 36.7 Å². The Balaban J connectivity index is 1.23. The summed E-state index contributed by atoms with van der Waals surface area (Å²) in [4.78, 5) is 34.4. The number of carbonyl (C=O) groups excluding carboxylic acids is 2. The molecule has 2 heterocycles. The molecular formula is C27H27F2N5O2. The molecule has 9 heteroatoms. The monoisotopic (exact) mass is 491 g/mol. The first-order chi connectivity index (χ1) is 17.3. The SMILES string of the molecule is CC(=O)N1CC(NC(=O)c2cccc(-c3cnc(NCC4(c5ccccc5F)CC(F)C4)nc3)c2)C1. The fraction of sp³-hybridized carbons (Fsp3) is 0.333. The molecule has 0 unspecified atom stereocenters. The van der Waals surface area contributed by atoms with Crippen LogP contribution in [0.1, 0.15) is 35.7 Å². The summed E-state index contributed by atoms with van der Waals surface area (Å²) >= 11 is 0. The Kier molecular flexibility index (Phi) is 6.38. The van der Waals surface area contributed by atoms with Crippen molar-refractivity contribution in [3.05, 3.63) is 77.9 Å². The van der Waals surface area contributed by atoms with Crippen LogP contribution in [-0.2, 0) is 10.2 Å². The molecule has 0 bridgehead atoms. The number of benzene rings is 2. The summed E-state index contributed by atoms with van der Waals surface area (Å²) < 4.78 is 28.2. The Bertz CT molecular complexity index is 1270. The Morgan fingerprint density at radius 3 is 2.44 bits per heavy atom. The fourth-order valence-electron chi connectivity index (χ4n) is 4.89. The zero-order chi connectivity index (χ0) is 25.3. The second-order valence-electron chi connectivity index (χ2n) is 9.59. The van der Waals surface area contributed by atoms with Gasteiger partial charge in [0.05, 0.1) is 6.04 Å². The third kappa shape index (κ3) is 4.78. The lowest BCUT2D eigenvalue weighted by Gasteiger charge is -2.45. The number of carbonyl (C=O) groups is 2. The number of hydrogen-bond donors (Lipinski definition) is 2. The zero-order valence-electron chi connectivity index (χ0n) is 19.9. The quantitative estimate of drug-likeness (QED) is 0.526. The van der Waals surface area contributed by atoms with E-state index < -0.39 is 11.6 Å². The highest BCUT2D eigenvalue weighted by atomic mass is 19.1. The first-order valence-electron chi connectivity index (χ1n) is 11.9. The maximum atomic E-state index is 14.4. The van der Waals surface area contributed by atoms with Gasteiger partial charge < -0.3 is 15.5 Å². The molecule has 2 aliphatic rings. The first-order valence-corrected chi connectivity index (χ1v) is 11.9. The minimum atomic E-state index is -0.948. The van der Waals surface area contributed by atoms with Crippen molar-refractivity contribution in [2.75, 3.05) is 25.0 Å². The van der Waals surface area contributed by atoms with E-state index in [2.05, 4.69) is 20.6 Å². The fourth-order valence-corrected chi connectivity index (χ4v) is 4.89. The van der Waals surface area contributed by atoms with Gasteiger partial charge in [-0.25, -0.2) is 18.7 Å². The van der Waals surface area contributed by atoms with Gasteiger partial charge in [0.2, 0.25) is 11.9 Å². The smallest absolute Gasteiger partial charge is 0.251 e. The number of aromatic nitrogens is 2. The molecule has 1 aromatic heterocycles. The van der Waals surface area contributed by atoms with E-state index in [1.807, 2.05) is 6.07 Å². The molecule has 0 radical (unpaired) electrons. The molecule has 2 N–H and O–H groups in total. The predicted molar refractivity (Wildman–Crippen MR) is 132 cm³/mol.